The first-order valence-corrected chi connectivity index (χ1v) is 15.6. The molecule has 25 heavy (non-hydrogen) atoms. The maximum absolute atomic E-state index is 11.1. The predicted molar refractivity (Wildman–Crippen MR) is 114 cm³/mol. The third-order valence-corrected chi connectivity index (χ3v) is 10.2. The topological polar surface area (TPSA) is 29.5 Å². The molecule has 4 heteroatoms. The van der Waals surface area contributed by atoms with Gasteiger partial charge in [-0.25, -0.2) is 0 Å². The van der Waals surface area contributed by atoms with E-state index in [1.165, 1.54) is 0 Å². The van der Waals surface area contributed by atoms with Crippen molar-refractivity contribution in [2.24, 2.45) is 5.92 Å². The number of hydrogen-bond acceptors (Lipinski definition) is 2. The van der Waals surface area contributed by atoms with Crippen LogP contribution < -0.4 is 0 Å². The van der Waals surface area contributed by atoms with Gasteiger partial charge in [-0.05, 0) is 30.6 Å². The van der Waals surface area contributed by atoms with E-state index >= 15 is 0 Å². The van der Waals surface area contributed by atoms with Crippen LogP contribution in [0.1, 0.15) is 39.4 Å². The van der Waals surface area contributed by atoms with Crippen LogP contribution in [0.4, 0.5) is 0 Å². The van der Waals surface area contributed by atoms with E-state index in [-0.39, 0.29) is 17.1 Å². The van der Waals surface area contributed by atoms with E-state index in [2.05, 4.69) is 65.0 Å². The van der Waals surface area contributed by atoms with Gasteiger partial charge >= 0.3 is 0 Å². The Morgan fingerprint density at radius 3 is 1.96 bits per heavy atom. The van der Waals surface area contributed by atoms with Gasteiger partial charge in [-0.2, -0.15) is 0 Å². The molecule has 1 rings (SSSR count). The molecular weight excluding hydrogens is 340 g/mol. The zero-order valence-corrected chi connectivity index (χ0v) is 19.5. The molecule has 140 valence electrons. The summed E-state index contributed by atoms with van der Waals surface area (Å²) in [7, 11) is -3.48. The highest BCUT2D eigenvalue weighted by molar-refractivity contribution is 6.83. The first-order chi connectivity index (χ1) is 11.2. The second-order valence-electron chi connectivity index (χ2n) is 9.51. The van der Waals surface area contributed by atoms with Crippen LogP contribution >= 0.6 is 0 Å². The van der Waals surface area contributed by atoms with E-state index in [0.717, 1.165) is 5.56 Å². The van der Waals surface area contributed by atoms with E-state index in [1.807, 2.05) is 37.3 Å². The van der Waals surface area contributed by atoms with E-state index < -0.39 is 22.5 Å². The molecule has 0 radical (unpaired) electrons. The summed E-state index contributed by atoms with van der Waals surface area (Å²) in [6.45, 7) is 19.8. The van der Waals surface area contributed by atoms with Crippen LogP contribution in [-0.4, -0.2) is 27.6 Å². The Hall–Kier alpha value is -0.866. The van der Waals surface area contributed by atoms with Gasteiger partial charge in [0.15, 0.2) is 8.32 Å². The molecule has 0 saturated heterocycles. The van der Waals surface area contributed by atoms with Gasteiger partial charge in [0.25, 0.3) is 0 Å². The summed E-state index contributed by atoms with van der Waals surface area (Å²) in [5.41, 5.74) is 4.42. The van der Waals surface area contributed by atoms with Crippen molar-refractivity contribution < 1.29 is 9.53 Å². The van der Waals surface area contributed by atoms with Crippen molar-refractivity contribution in [1.82, 2.24) is 0 Å². The average molecular weight is 377 g/mol. The lowest BCUT2D eigenvalue weighted by Gasteiger charge is -2.41. The third-order valence-electron chi connectivity index (χ3n) is 4.85. The fourth-order valence-electron chi connectivity index (χ4n) is 2.15. The van der Waals surface area contributed by atoms with Crippen molar-refractivity contribution in [2.75, 3.05) is 0 Å². The molecule has 1 aromatic rings. The molecule has 3 atom stereocenters. The summed E-state index contributed by atoms with van der Waals surface area (Å²) in [6, 6.07) is 10.1. The first kappa shape index (κ1) is 22.2. The quantitative estimate of drug-likeness (QED) is 0.533. The van der Waals surface area contributed by atoms with Gasteiger partial charge in [0.1, 0.15) is 8.07 Å². The van der Waals surface area contributed by atoms with Crippen LogP contribution in [0.5, 0.6) is 0 Å². The third kappa shape index (κ3) is 6.75. The van der Waals surface area contributed by atoms with Gasteiger partial charge in [-0.3, -0.25) is 0 Å². The lowest BCUT2D eigenvalue weighted by molar-refractivity contribution is 0.00716. The second kappa shape index (κ2) is 8.22. The highest BCUT2D eigenvalue weighted by Crippen LogP contribution is 2.41. The molecule has 3 unspecified atom stereocenters. The number of aliphatic hydroxyl groups excluding tert-OH is 1. The van der Waals surface area contributed by atoms with E-state index in [4.69, 9.17) is 4.43 Å². The van der Waals surface area contributed by atoms with Crippen LogP contribution in [-0.2, 0) is 4.43 Å². The number of aliphatic hydroxyl groups is 1. The molecule has 0 aliphatic heterocycles. The smallest absolute Gasteiger partial charge is 0.193 e. The minimum atomic E-state index is -2.02. The zero-order chi connectivity index (χ0) is 19.5. The minimum Gasteiger partial charge on any atom is -0.407 e. The number of hydrogen-bond donors (Lipinski definition) is 1. The van der Waals surface area contributed by atoms with Crippen molar-refractivity contribution in [3.63, 3.8) is 0 Å². The Kier molecular flexibility index (Phi) is 7.29. The summed E-state index contributed by atoms with van der Waals surface area (Å²) in [5, 5.41) is 11.2. The Labute approximate surface area is 157 Å². The van der Waals surface area contributed by atoms with Crippen LogP contribution in [0.3, 0.4) is 0 Å². The summed E-state index contributed by atoms with van der Waals surface area (Å²) >= 11 is 0. The molecule has 1 N–H and O–H groups in total. The maximum atomic E-state index is 11.1. The van der Waals surface area contributed by atoms with Gasteiger partial charge in [-0.1, -0.05) is 70.7 Å². The van der Waals surface area contributed by atoms with Crippen LogP contribution in [0.15, 0.2) is 30.3 Å². The Morgan fingerprint density at radius 2 is 1.52 bits per heavy atom. The molecule has 0 saturated carbocycles. The van der Waals surface area contributed by atoms with Crippen LogP contribution in [0.25, 0.3) is 0 Å². The van der Waals surface area contributed by atoms with Gasteiger partial charge < -0.3 is 9.53 Å². The summed E-state index contributed by atoms with van der Waals surface area (Å²) < 4.78 is 6.64. The molecule has 0 amide bonds. The fourth-order valence-corrected chi connectivity index (χ4v) is 4.07. The molecule has 0 spiro atoms. The Balaban J connectivity index is 3.17. The highest BCUT2D eigenvalue weighted by Gasteiger charge is 2.41. The standard InChI is InChI=1S/C21H36O2Si2/c1-17(15-16-24(5,6)7)19(22)20(18-13-11-10-12-14-18)23-25(8,9)21(2,3)4/h10-14,17,19-20,22H,1-9H3. The molecule has 2 nitrogen and oxygen atoms in total. The second-order valence-corrected chi connectivity index (χ2v) is 19.0. The Bertz CT molecular complexity index is 601. The molecular formula is C21H36O2Si2. The van der Waals surface area contributed by atoms with E-state index in [0.29, 0.717) is 0 Å². The zero-order valence-electron chi connectivity index (χ0n) is 17.5. The summed E-state index contributed by atoms with van der Waals surface area (Å²) in [5.74, 6) is 3.17. The molecule has 0 aliphatic carbocycles. The SMILES string of the molecule is CC(C#C[Si](C)(C)C)C(O)C(O[Si](C)(C)C(C)(C)C)c1ccccc1. The Morgan fingerprint density at radius 1 is 1.00 bits per heavy atom. The number of benzene rings is 1. The first-order valence-electron chi connectivity index (χ1n) is 9.18. The van der Waals surface area contributed by atoms with E-state index in [1.54, 1.807) is 0 Å². The summed E-state index contributed by atoms with van der Waals surface area (Å²) in [6.07, 6.45) is -0.978. The van der Waals surface area contributed by atoms with Crippen LogP contribution in [0, 0.1) is 17.4 Å². The minimum absolute atomic E-state index is 0.0903. The lowest BCUT2D eigenvalue weighted by atomic mass is 9.95. The van der Waals surface area contributed by atoms with Gasteiger partial charge in [0.2, 0.25) is 0 Å². The van der Waals surface area contributed by atoms with Crippen molar-refractivity contribution in [3.05, 3.63) is 35.9 Å². The summed E-state index contributed by atoms with van der Waals surface area (Å²) in [4.78, 5) is 0. The van der Waals surface area contributed by atoms with Gasteiger partial charge in [0, 0.05) is 5.92 Å². The number of rotatable bonds is 5. The van der Waals surface area contributed by atoms with E-state index in [9.17, 15) is 5.11 Å². The van der Waals surface area contributed by atoms with Crippen molar-refractivity contribution in [1.29, 1.82) is 0 Å². The van der Waals surface area contributed by atoms with Crippen molar-refractivity contribution >= 4 is 16.4 Å². The van der Waals surface area contributed by atoms with Gasteiger partial charge in [0.05, 0.1) is 12.2 Å². The predicted octanol–water partition coefficient (Wildman–Crippen LogP) is 5.63. The fraction of sp³-hybridized carbons (Fsp3) is 0.619. The molecule has 0 bridgehead atoms. The normalized spacial score (nSPS) is 16.6. The molecule has 1 aromatic carbocycles. The maximum Gasteiger partial charge on any atom is 0.193 e. The van der Waals surface area contributed by atoms with Gasteiger partial charge in [-0.15, -0.1) is 11.5 Å². The molecule has 0 aromatic heterocycles. The van der Waals surface area contributed by atoms with Crippen molar-refractivity contribution in [2.45, 2.75) is 77.7 Å². The van der Waals surface area contributed by atoms with Crippen molar-refractivity contribution in [3.8, 4) is 11.5 Å². The van der Waals surface area contributed by atoms with Crippen LogP contribution in [0.2, 0.25) is 37.8 Å². The highest BCUT2D eigenvalue weighted by atomic mass is 28.4. The molecule has 0 aliphatic rings. The molecule has 0 heterocycles. The lowest BCUT2D eigenvalue weighted by Crippen LogP contribution is -2.44. The average Bonchev–Trinajstić information content (AvgIpc) is 2.48. The largest absolute Gasteiger partial charge is 0.407 e. The molecule has 0 fully saturated rings. The monoisotopic (exact) mass is 376 g/mol.